The molecule has 70 valence electrons. The van der Waals surface area contributed by atoms with Crippen molar-refractivity contribution in [1.29, 1.82) is 0 Å². The van der Waals surface area contributed by atoms with Crippen molar-refractivity contribution in [2.24, 2.45) is 22.5 Å². The van der Waals surface area contributed by atoms with Crippen LogP contribution < -0.4 is 5.73 Å². The van der Waals surface area contributed by atoms with Gasteiger partial charge in [-0.25, -0.2) is 0 Å². The van der Waals surface area contributed by atoms with Crippen LogP contribution in [-0.4, -0.2) is 19.8 Å². The molecule has 1 saturated heterocycles. The van der Waals surface area contributed by atoms with Gasteiger partial charge in [0.2, 0.25) is 0 Å². The minimum atomic E-state index is 0.432. The lowest BCUT2D eigenvalue weighted by molar-refractivity contribution is -0.179. The molecule has 12 heavy (non-hydrogen) atoms. The average molecular weight is 169 g/mol. The lowest BCUT2D eigenvalue weighted by Gasteiger charge is -2.51. The highest BCUT2D eigenvalue weighted by Crippen LogP contribution is 2.63. The number of ether oxygens (including phenoxy) is 1. The Labute approximate surface area is 74.5 Å². The van der Waals surface area contributed by atoms with Crippen molar-refractivity contribution >= 4 is 0 Å². The SMILES string of the molecule is CC(C)C1(C2(CN)CC2)COC1. The second kappa shape index (κ2) is 2.46. The lowest BCUT2D eigenvalue weighted by Crippen LogP contribution is -2.55. The van der Waals surface area contributed by atoms with E-state index in [0.29, 0.717) is 10.8 Å². The van der Waals surface area contributed by atoms with Crippen molar-refractivity contribution in [3.05, 3.63) is 0 Å². The standard InChI is InChI=1S/C10H19NO/c1-8(2)10(6-12-7-10)9(5-11)3-4-9/h8H,3-7,11H2,1-2H3. The number of hydrogen-bond acceptors (Lipinski definition) is 2. The summed E-state index contributed by atoms with van der Waals surface area (Å²) < 4.78 is 5.37. The maximum Gasteiger partial charge on any atom is 0.0553 e. The van der Waals surface area contributed by atoms with E-state index < -0.39 is 0 Å². The molecule has 2 N–H and O–H groups in total. The second-order valence-corrected chi connectivity index (χ2v) is 4.79. The summed E-state index contributed by atoms with van der Waals surface area (Å²) in [5.74, 6) is 0.720. The van der Waals surface area contributed by atoms with Crippen molar-refractivity contribution in [2.75, 3.05) is 19.8 Å². The fourth-order valence-electron chi connectivity index (χ4n) is 2.63. The summed E-state index contributed by atoms with van der Waals surface area (Å²) in [6.07, 6.45) is 2.65. The first kappa shape index (κ1) is 8.52. The second-order valence-electron chi connectivity index (χ2n) is 4.79. The number of hydrogen-bond donors (Lipinski definition) is 1. The molecule has 1 aliphatic heterocycles. The molecule has 0 aromatic heterocycles. The van der Waals surface area contributed by atoms with Crippen LogP contribution in [0, 0.1) is 16.7 Å². The van der Waals surface area contributed by atoms with Crippen LogP contribution in [-0.2, 0) is 4.74 Å². The summed E-state index contributed by atoms with van der Waals surface area (Å²) in [7, 11) is 0. The fourth-order valence-corrected chi connectivity index (χ4v) is 2.63. The third-order valence-corrected chi connectivity index (χ3v) is 4.12. The number of nitrogens with two attached hydrogens (primary N) is 1. The van der Waals surface area contributed by atoms with Gasteiger partial charge in [0.25, 0.3) is 0 Å². The van der Waals surface area contributed by atoms with Gasteiger partial charge in [0.05, 0.1) is 13.2 Å². The van der Waals surface area contributed by atoms with E-state index in [1.54, 1.807) is 0 Å². The zero-order chi connectivity index (χ0) is 8.82. The average Bonchev–Trinajstić information content (AvgIpc) is 2.66. The molecule has 2 rings (SSSR count). The van der Waals surface area contributed by atoms with Crippen LogP contribution in [0.2, 0.25) is 0 Å². The van der Waals surface area contributed by atoms with Crippen molar-refractivity contribution < 1.29 is 4.74 Å². The highest BCUT2D eigenvalue weighted by molar-refractivity contribution is 5.11. The van der Waals surface area contributed by atoms with E-state index in [-0.39, 0.29) is 0 Å². The molecular weight excluding hydrogens is 150 g/mol. The predicted octanol–water partition coefficient (Wildman–Crippen LogP) is 1.40. The first-order chi connectivity index (χ1) is 5.67. The maximum absolute atomic E-state index is 5.85. The van der Waals surface area contributed by atoms with Crippen molar-refractivity contribution in [2.45, 2.75) is 26.7 Å². The molecule has 2 fully saturated rings. The molecule has 1 saturated carbocycles. The van der Waals surface area contributed by atoms with Crippen LogP contribution in [0.5, 0.6) is 0 Å². The summed E-state index contributed by atoms with van der Waals surface area (Å²) in [6, 6.07) is 0. The molecule has 0 atom stereocenters. The van der Waals surface area contributed by atoms with Crippen LogP contribution in [0.25, 0.3) is 0 Å². The van der Waals surface area contributed by atoms with E-state index >= 15 is 0 Å². The first-order valence-electron chi connectivity index (χ1n) is 4.95. The van der Waals surface area contributed by atoms with E-state index in [1.165, 1.54) is 12.8 Å². The maximum atomic E-state index is 5.85. The smallest absolute Gasteiger partial charge is 0.0553 e. The molecule has 0 aromatic carbocycles. The Hall–Kier alpha value is -0.0800. The van der Waals surface area contributed by atoms with Gasteiger partial charge in [0.15, 0.2) is 0 Å². The highest BCUT2D eigenvalue weighted by Gasteiger charge is 2.62. The molecule has 1 heterocycles. The molecule has 0 amide bonds. The van der Waals surface area contributed by atoms with Gasteiger partial charge in [0, 0.05) is 5.41 Å². The minimum Gasteiger partial charge on any atom is -0.380 e. The molecule has 0 radical (unpaired) electrons. The number of rotatable bonds is 3. The van der Waals surface area contributed by atoms with E-state index in [1.807, 2.05) is 0 Å². The monoisotopic (exact) mass is 169 g/mol. The zero-order valence-electron chi connectivity index (χ0n) is 8.10. The van der Waals surface area contributed by atoms with Gasteiger partial charge in [0.1, 0.15) is 0 Å². The van der Waals surface area contributed by atoms with Crippen LogP contribution >= 0.6 is 0 Å². The molecule has 0 spiro atoms. The van der Waals surface area contributed by atoms with Gasteiger partial charge in [-0.05, 0) is 30.7 Å². The van der Waals surface area contributed by atoms with Gasteiger partial charge in [-0.3, -0.25) is 0 Å². The van der Waals surface area contributed by atoms with Crippen LogP contribution in [0.4, 0.5) is 0 Å². The summed E-state index contributed by atoms with van der Waals surface area (Å²) in [6.45, 7) is 7.36. The molecular formula is C10H19NO. The van der Waals surface area contributed by atoms with Crippen LogP contribution in [0.3, 0.4) is 0 Å². The molecule has 2 nitrogen and oxygen atoms in total. The summed E-state index contributed by atoms with van der Waals surface area (Å²) in [5, 5.41) is 0. The molecule has 2 aliphatic rings. The van der Waals surface area contributed by atoms with Gasteiger partial charge >= 0.3 is 0 Å². The molecule has 0 aromatic rings. The van der Waals surface area contributed by atoms with E-state index in [9.17, 15) is 0 Å². The quantitative estimate of drug-likeness (QED) is 0.693. The first-order valence-corrected chi connectivity index (χ1v) is 4.95. The Morgan fingerprint density at radius 2 is 1.92 bits per heavy atom. The highest BCUT2D eigenvalue weighted by atomic mass is 16.5. The molecule has 0 unspecified atom stereocenters. The Kier molecular flexibility index (Phi) is 1.74. The van der Waals surface area contributed by atoms with Crippen LogP contribution in [0.15, 0.2) is 0 Å². The van der Waals surface area contributed by atoms with Crippen molar-refractivity contribution in [3.8, 4) is 0 Å². The third kappa shape index (κ3) is 0.826. The third-order valence-electron chi connectivity index (χ3n) is 4.12. The fraction of sp³-hybridized carbons (Fsp3) is 1.00. The summed E-state index contributed by atoms with van der Waals surface area (Å²) in [4.78, 5) is 0. The molecule has 0 bridgehead atoms. The Morgan fingerprint density at radius 1 is 1.33 bits per heavy atom. The van der Waals surface area contributed by atoms with E-state index in [0.717, 1.165) is 25.7 Å². The Morgan fingerprint density at radius 3 is 2.00 bits per heavy atom. The van der Waals surface area contributed by atoms with Gasteiger partial charge in [-0.2, -0.15) is 0 Å². The normalized spacial score (nSPS) is 30.0. The van der Waals surface area contributed by atoms with Crippen LogP contribution in [0.1, 0.15) is 26.7 Å². The Bertz CT molecular complexity index is 180. The predicted molar refractivity (Wildman–Crippen MR) is 48.8 cm³/mol. The molecule has 1 aliphatic carbocycles. The van der Waals surface area contributed by atoms with Gasteiger partial charge < -0.3 is 10.5 Å². The van der Waals surface area contributed by atoms with Crippen molar-refractivity contribution in [1.82, 2.24) is 0 Å². The zero-order valence-corrected chi connectivity index (χ0v) is 8.10. The molecule has 2 heteroatoms. The minimum absolute atomic E-state index is 0.432. The van der Waals surface area contributed by atoms with Gasteiger partial charge in [-0.1, -0.05) is 13.8 Å². The van der Waals surface area contributed by atoms with Gasteiger partial charge in [-0.15, -0.1) is 0 Å². The Balaban J connectivity index is 2.17. The summed E-state index contributed by atoms with van der Waals surface area (Å²) >= 11 is 0. The topological polar surface area (TPSA) is 35.2 Å². The largest absolute Gasteiger partial charge is 0.380 e. The van der Waals surface area contributed by atoms with E-state index in [2.05, 4.69) is 13.8 Å². The summed E-state index contributed by atoms with van der Waals surface area (Å²) in [5.41, 5.74) is 6.74. The lowest BCUT2D eigenvalue weighted by atomic mass is 9.63. The van der Waals surface area contributed by atoms with Crippen molar-refractivity contribution in [3.63, 3.8) is 0 Å². The van der Waals surface area contributed by atoms with E-state index in [4.69, 9.17) is 10.5 Å².